The van der Waals surface area contributed by atoms with Gasteiger partial charge < -0.3 is 19.2 Å². The van der Waals surface area contributed by atoms with E-state index in [1.807, 2.05) is 45.9 Å². The Morgan fingerprint density at radius 1 is 1.25 bits per heavy atom. The van der Waals surface area contributed by atoms with Crippen LogP contribution in [0.2, 0.25) is 0 Å². The van der Waals surface area contributed by atoms with Gasteiger partial charge in [0.1, 0.15) is 29.5 Å². The van der Waals surface area contributed by atoms with Crippen molar-refractivity contribution in [1.82, 2.24) is 14.6 Å². The number of carbonyl (C=O) groups is 2. The number of esters is 1. The standard InChI is InChI=1S/C27H31N5O4/c1-5-35-21-12-22(25-20(14-28)16-30-32(25)17-21)19-6-7-23(29-15-19)31-10-8-27(18-33,9-11-31)13-24(34)36-26(2,3)4/h6-7,12,15-18H,5,8-11,13H2,1-4H3. The molecule has 4 heterocycles. The van der Waals surface area contributed by atoms with Crippen LogP contribution in [-0.2, 0) is 14.3 Å². The van der Waals surface area contributed by atoms with Crippen molar-refractivity contribution in [3.63, 3.8) is 0 Å². The minimum atomic E-state index is -0.709. The van der Waals surface area contributed by atoms with Gasteiger partial charge in [-0.25, -0.2) is 9.50 Å². The molecule has 3 aromatic rings. The normalized spacial score (nSPS) is 15.4. The molecule has 0 unspecified atom stereocenters. The number of aromatic nitrogens is 3. The van der Waals surface area contributed by atoms with Gasteiger partial charge in [-0.2, -0.15) is 10.4 Å². The molecule has 0 atom stereocenters. The van der Waals surface area contributed by atoms with Crippen molar-refractivity contribution in [3.8, 4) is 22.9 Å². The maximum Gasteiger partial charge on any atom is 0.307 e. The first kappa shape index (κ1) is 25.2. The molecule has 0 aliphatic carbocycles. The largest absolute Gasteiger partial charge is 0.492 e. The molecule has 1 saturated heterocycles. The first-order chi connectivity index (χ1) is 17.2. The molecule has 1 aliphatic rings. The van der Waals surface area contributed by atoms with Gasteiger partial charge in [-0.05, 0) is 58.7 Å². The smallest absolute Gasteiger partial charge is 0.307 e. The Morgan fingerprint density at radius 2 is 2.00 bits per heavy atom. The molecule has 0 N–H and O–H groups in total. The Kier molecular flexibility index (Phi) is 6.97. The van der Waals surface area contributed by atoms with E-state index in [1.54, 1.807) is 23.1 Å². The summed E-state index contributed by atoms with van der Waals surface area (Å²) in [5.74, 6) is 1.10. The number of aldehydes is 1. The molecule has 1 fully saturated rings. The topological polar surface area (TPSA) is 110 Å². The molecule has 188 valence electrons. The van der Waals surface area contributed by atoms with Gasteiger partial charge in [0.15, 0.2) is 0 Å². The molecule has 1 aliphatic heterocycles. The quantitative estimate of drug-likeness (QED) is 0.359. The number of ether oxygens (including phenoxy) is 2. The molecule has 0 aromatic carbocycles. The second-order valence-corrected chi connectivity index (χ2v) is 10.1. The minimum Gasteiger partial charge on any atom is -0.492 e. The zero-order valence-corrected chi connectivity index (χ0v) is 21.2. The average Bonchev–Trinajstić information content (AvgIpc) is 3.26. The molecule has 0 saturated carbocycles. The Labute approximate surface area is 210 Å². The van der Waals surface area contributed by atoms with Crippen molar-refractivity contribution in [2.75, 3.05) is 24.6 Å². The van der Waals surface area contributed by atoms with Crippen molar-refractivity contribution in [2.24, 2.45) is 5.41 Å². The average molecular weight is 490 g/mol. The summed E-state index contributed by atoms with van der Waals surface area (Å²) in [5.41, 5.74) is 1.54. The third kappa shape index (κ3) is 5.33. The van der Waals surface area contributed by atoms with Crippen molar-refractivity contribution >= 4 is 23.6 Å². The zero-order chi connectivity index (χ0) is 25.9. The molecule has 36 heavy (non-hydrogen) atoms. The summed E-state index contributed by atoms with van der Waals surface area (Å²) in [5, 5.41) is 13.8. The van der Waals surface area contributed by atoms with Gasteiger partial charge in [0, 0.05) is 35.8 Å². The SMILES string of the molecule is CCOc1cc(-c2ccc(N3CCC(C=O)(CC(=O)OC(C)(C)C)CC3)nc2)c2c(C#N)cnn2c1. The van der Waals surface area contributed by atoms with Gasteiger partial charge in [-0.1, -0.05) is 0 Å². The van der Waals surface area contributed by atoms with E-state index in [2.05, 4.69) is 21.1 Å². The minimum absolute atomic E-state index is 0.0900. The number of hydrogen-bond donors (Lipinski definition) is 0. The highest BCUT2D eigenvalue weighted by Crippen LogP contribution is 2.36. The predicted octanol–water partition coefficient (Wildman–Crippen LogP) is 4.18. The number of nitrogens with zero attached hydrogens (tertiary/aromatic N) is 5. The number of carbonyl (C=O) groups excluding carboxylic acids is 2. The molecule has 9 nitrogen and oxygen atoms in total. The highest BCUT2D eigenvalue weighted by Gasteiger charge is 2.38. The fraction of sp³-hybridized carbons (Fsp3) is 0.444. The second-order valence-electron chi connectivity index (χ2n) is 10.1. The van der Waals surface area contributed by atoms with Gasteiger partial charge in [-0.3, -0.25) is 4.79 Å². The van der Waals surface area contributed by atoms with Crippen LogP contribution >= 0.6 is 0 Å². The van der Waals surface area contributed by atoms with E-state index in [4.69, 9.17) is 9.47 Å². The van der Waals surface area contributed by atoms with E-state index in [-0.39, 0.29) is 12.4 Å². The zero-order valence-electron chi connectivity index (χ0n) is 21.2. The van der Waals surface area contributed by atoms with Crippen LogP contribution in [-0.4, -0.2) is 52.2 Å². The van der Waals surface area contributed by atoms with Gasteiger partial charge in [0.2, 0.25) is 0 Å². The van der Waals surface area contributed by atoms with Crippen LogP contribution in [0.1, 0.15) is 52.5 Å². The summed E-state index contributed by atoms with van der Waals surface area (Å²) in [4.78, 5) is 31.1. The summed E-state index contributed by atoms with van der Waals surface area (Å²) < 4.78 is 12.8. The maximum absolute atomic E-state index is 12.4. The highest BCUT2D eigenvalue weighted by molar-refractivity contribution is 5.85. The molecule has 0 spiro atoms. The van der Waals surface area contributed by atoms with Crippen molar-refractivity contribution in [3.05, 3.63) is 42.4 Å². The van der Waals surface area contributed by atoms with Crippen LogP contribution in [0.25, 0.3) is 16.6 Å². The van der Waals surface area contributed by atoms with E-state index in [9.17, 15) is 14.9 Å². The van der Waals surface area contributed by atoms with Crippen molar-refractivity contribution < 1.29 is 19.1 Å². The van der Waals surface area contributed by atoms with Gasteiger partial charge >= 0.3 is 5.97 Å². The van der Waals surface area contributed by atoms with Crippen LogP contribution in [0.15, 0.2) is 36.8 Å². The summed E-state index contributed by atoms with van der Waals surface area (Å²) in [6.45, 7) is 9.11. The number of hydrogen-bond acceptors (Lipinski definition) is 8. The summed E-state index contributed by atoms with van der Waals surface area (Å²) in [7, 11) is 0. The number of pyridine rings is 2. The van der Waals surface area contributed by atoms with Crippen molar-refractivity contribution in [1.29, 1.82) is 5.26 Å². The molecular formula is C27H31N5O4. The number of nitriles is 1. The predicted molar refractivity (Wildman–Crippen MR) is 135 cm³/mol. The van der Waals surface area contributed by atoms with Gasteiger partial charge in [-0.15, -0.1) is 0 Å². The lowest BCUT2D eigenvalue weighted by atomic mass is 9.77. The van der Waals surface area contributed by atoms with Gasteiger partial charge in [0.05, 0.1) is 36.5 Å². The first-order valence-electron chi connectivity index (χ1n) is 12.1. The third-order valence-corrected chi connectivity index (χ3v) is 6.33. The third-order valence-electron chi connectivity index (χ3n) is 6.33. The number of rotatable bonds is 7. The second kappa shape index (κ2) is 9.97. The lowest BCUT2D eigenvalue weighted by Gasteiger charge is -2.38. The Bertz CT molecular complexity index is 1290. The van der Waals surface area contributed by atoms with E-state index < -0.39 is 11.0 Å². The Hall–Kier alpha value is -3.93. The van der Waals surface area contributed by atoms with E-state index in [1.165, 1.54) is 0 Å². The summed E-state index contributed by atoms with van der Waals surface area (Å²) in [6, 6.07) is 7.99. The summed E-state index contributed by atoms with van der Waals surface area (Å²) >= 11 is 0. The number of piperidine rings is 1. The van der Waals surface area contributed by atoms with Crippen LogP contribution in [0, 0.1) is 16.7 Å². The van der Waals surface area contributed by atoms with Crippen LogP contribution in [0.3, 0.4) is 0 Å². The fourth-order valence-corrected chi connectivity index (χ4v) is 4.56. The monoisotopic (exact) mass is 489 g/mol. The highest BCUT2D eigenvalue weighted by atomic mass is 16.6. The van der Waals surface area contributed by atoms with Crippen LogP contribution < -0.4 is 9.64 Å². The molecule has 4 rings (SSSR count). The maximum atomic E-state index is 12.4. The molecule has 3 aromatic heterocycles. The van der Waals surface area contributed by atoms with E-state index >= 15 is 0 Å². The van der Waals surface area contributed by atoms with E-state index in [0.29, 0.717) is 49.4 Å². The van der Waals surface area contributed by atoms with Gasteiger partial charge in [0.25, 0.3) is 0 Å². The Balaban J connectivity index is 1.52. The van der Waals surface area contributed by atoms with Crippen LogP contribution in [0.5, 0.6) is 5.75 Å². The molecule has 0 radical (unpaired) electrons. The van der Waals surface area contributed by atoms with Crippen molar-refractivity contribution in [2.45, 2.75) is 52.6 Å². The molecule has 0 amide bonds. The first-order valence-corrected chi connectivity index (χ1v) is 12.1. The molecule has 0 bridgehead atoms. The number of anilines is 1. The molecular weight excluding hydrogens is 458 g/mol. The number of fused-ring (bicyclic) bond motifs is 1. The fourth-order valence-electron chi connectivity index (χ4n) is 4.56. The van der Waals surface area contributed by atoms with E-state index in [0.717, 1.165) is 23.2 Å². The van der Waals surface area contributed by atoms with Crippen LogP contribution in [0.4, 0.5) is 5.82 Å². The molecule has 9 heteroatoms. The summed E-state index contributed by atoms with van der Waals surface area (Å²) in [6.07, 6.45) is 7.19. The Morgan fingerprint density at radius 3 is 2.58 bits per heavy atom. The lowest BCUT2D eigenvalue weighted by molar-refractivity contribution is -0.159. The lowest BCUT2D eigenvalue weighted by Crippen LogP contribution is -2.43.